The van der Waals surface area contributed by atoms with Crippen molar-refractivity contribution in [2.24, 2.45) is 5.14 Å². The van der Waals surface area contributed by atoms with Crippen LogP contribution in [0.2, 0.25) is 0 Å². The average Bonchev–Trinajstić information content (AvgIpc) is 2.35. The van der Waals surface area contributed by atoms with E-state index in [4.69, 9.17) is 5.14 Å². The van der Waals surface area contributed by atoms with Crippen LogP contribution in [0.5, 0.6) is 0 Å². The maximum absolute atomic E-state index is 13.8. The summed E-state index contributed by atoms with van der Waals surface area (Å²) in [6.07, 6.45) is 0. The summed E-state index contributed by atoms with van der Waals surface area (Å²) in [4.78, 5) is 13.4. The van der Waals surface area contributed by atoms with Crippen LogP contribution in [-0.4, -0.2) is 44.4 Å². The second-order valence-electron chi connectivity index (χ2n) is 5.37. The monoisotopic (exact) mass is 315 g/mol. The molecular formula is C13H18FN3O3S. The minimum Gasteiger partial charge on any atom is -0.336 e. The van der Waals surface area contributed by atoms with E-state index in [0.717, 1.165) is 12.1 Å². The number of hydrogen-bond donors (Lipinski definition) is 2. The summed E-state index contributed by atoms with van der Waals surface area (Å²) in [5, 5.41) is 8.18. The summed E-state index contributed by atoms with van der Waals surface area (Å²) in [6.45, 7) is 4.95. The van der Waals surface area contributed by atoms with Gasteiger partial charge in [0.2, 0.25) is 10.0 Å². The lowest BCUT2D eigenvalue weighted by atomic mass is 10.1. The predicted octanol–water partition coefficient (Wildman–Crippen LogP) is 0.296. The Kier molecular flexibility index (Phi) is 4.31. The van der Waals surface area contributed by atoms with Gasteiger partial charge in [0.05, 0.1) is 0 Å². The van der Waals surface area contributed by atoms with Crippen LogP contribution >= 0.6 is 0 Å². The quantitative estimate of drug-likeness (QED) is 0.821. The van der Waals surface area contributed by atoms with E-state index >= 15 is 0 Å². The molecule has 116 valence electrons. The Morgan fingerprint density at radius 2 is 1.90 bits per heavy atom. The Morgan fingerprint density at radius 3 is 2.38 bits per heavy atom. The van der Waals surface area contributed by atoms with Gasteiger partial charge < -0.3 is 10.2 Å². The number of nitrogens with two attached hydrogens (primary N) is 1. The molecule has 1 aliphatic heterocycles. The molecule has 1 aromatic rings. The zero-order chi connectivity index (χ0) is 15.8. The van der Waals surface area contributed by atoms with E-state index in [9.17, 15) is 17.6 Å². The lowest BCUT2D eigenvalue weighted by Gasteiger charge is -2.36. The number of hydrogen-bond acceptors (Lipinski definition) is 4. The van der Waals surface area contributed by atoms with Crippen molar-refractivity contribution in [3.8, 4) is 0 Å². The van der Waals surface area contributed by atoms with Gasteiger partial charge in [-0.25, -0.2) is 17.9 Å². The van der Waals surface area contributed by atoms with Gasteiger partial charge in [-0.1, -0.05) is 0 Å². The molecule has 3 N–H and O–H groups in total. The Labute approximate surface area is 123 Å². The van der Waals surface area contributed by atoms with Crippen molar-refractivity contribution in [3.63, 3.8) is 0 Å². The van der Waals surface area contributed by atoms with Crippen LogP contribution in [-0.2, 0) is 10.0 Å². The normalized spacial score (nSPS) is 23.1. The van der Waals surface area contributed by atoms with Gasteiger partial charge in [-0.05, 0) is 32.0 Å². The van der Waals surface area contributed by atoms with Gasteiger partial charge in [-0.15, -0.1) is 0 Å². The molecule has 0 aliphatic carbocycles. The Balaban J connectivity index is 2.26. The molecule has 6 nitrogen and oxygen atoms in total. The van der Waals surface area contributed by atoms with Crippen molar-refractivity contribution >= 4 is 15.9 Å². The first-order valence-corrected chi connectivity index (χ1v) is 8.11. The zero-order valence-electron chi connectivity index (χ0n) is 11.8. The number of nitrogens with one attached hydrogen (secondary N) is 1. The highest BCUT2D eigenvalue weighted by Gasteiger charge is 2.26. The first kappa shape index (κ1) is 15.9. The molecule has 0 bridgehead atoms. The van der Waals surface area contributed by atoms with E-state index in [2.05, 4.69) is 5.32 Å². The van der Waals surface area contributed by atoms with E-state index < -0.39 is 20.7 Å². The summed E-state index contributed by atoms with van der Waals surface area (Å²) >= 11 is 0. The van der Waals surface area contributed by atoms with E-state index in [1.54, 1.807) is 4.90 Å². The highest BCUT2D eigenvalue weighted by Crippen LogP contribution is 2.17. The summed E-state index contributed by atoms with van der Waals surface area (Å²) in [7, 11) is -4.13. The van der Waals surface area contributed by atoms with Crippen molar-refractivity contribution in [3.05, 3.63) is 29.6 Å². The fraction of sp³-hybridized carbons (Fsp3) is 0.462. The number of piperazine rings is 1. The summed E-state index contributed by atoms with van der Waals surface area (Å²) in [5.74, 6) is -1.34. The first-order chi connectivity index (χ1) is 9.68. The average molecular weight is 315 g/mol. The first-order valence-electron chi connectivity index (χ1n) is 6.56. The van der Waals surface area contributed by atoms with Gasteiger partial charge in [-0.3, -0.25) is 4.79 Å². The van der Waals surface area contributed by atoms with Crippen molar-refractivity contribution in [2.75, 3.05) is 13.1 Å². The number of primary sulfonamides is 1. The smallest absolute Gasteiger partial charge is 0.254 e. The summed E-state index contributed by atoms with van der Waals surface area (Å²) < 4.78 is 36.1. The van der Waals surface area contributed by atoms with Crippen LogP contribution in [0.15, 0.2) is 23.1 Å². The number of rotatable bonds is 2. The maximum Gasteiger partial charge on any atom is 0.254 e. The molecule has 21 heavy (non-hydrogen) atoms. The van der Waals surface area contributed by atoms with Gasteiger partial charge in [0.25, 0.3) is 5.91 Å². The number of benzene rings is 1. The van der Waals surface area contributed by atoms with E-state index in [0.29, 0.717) is 13.1 Å². The van der Waals surface area contributed by atoms with E-state index in [-0.39, 0.29) is 23.6 Å². The number of sulfonamides is 1. The van der Waals surface area contributed by atoms with Gasteiger partial charge in [0.1, 0.15) is 10.7 Å². The molecule has 2 atom stereocenters. The van der Waals surface area contributed by atoms with Crippen LogP contribution in [0.25, 0.3) is 0 Å². The Bertz CT molecular complexity index is 653. The molecule has 0 unspecified atom stereocenters. The number of halogens is 1. The van der Waals surface area contributed by atoms with Gasteiger partial charge in [0.15, 0.2) is 0 Å². The molecule has 0 radical (unpaired) electrons. The minimum atomic E-state index is -4.13. The van der Waals surface area contributed by atoms with Crippen LogP contribution in [0, 0.1) is 5.82 Å². The molecule has 1 aliphatic rings. The third kappa shape index (κ3) is 3.58. The van der Waals surface area contributed by atoms with Crippen molar-refractivity contribution in [1.29, 1.82) is 0 Å². The third-order valence-electron chi connectivity index (χ3n) is 3.33. The molecule has 1 saturated heterocycles. The highest BCUT2D eigenvalue weighted by atomic mass is 32.2. The SMILES string of the molecule is C[C@H]1CN(C(=O)c2ccc(S(N)(=O)=O)c(F)c2)C[C@H](C)N1. The molecule has 1 aromatic carbocycles. The fourth-order valence-corrected chi connectivity index (χ4v) is 3.13. The van der Waals surface area contributed by atoms with Gasteiger partial charge >= 0.3 is 0 Å². The summed E-state index contributed by atoms with van der Waals surface area (Å²) in [5.41, 5.74) is 0.112. The third-order valence-corrected chi connectivity index (χ3v) is 4.27. The maximum atomic E-state index is 13.8. The van der Waals surface area contributed by atoms with Crippen LogP contribution in [0.4, 0.5) is 4.39 Å². The molecule has 0 saturated carbocycles. The topological polar surface area (TPSA) is 92.5 Å². The molecule has 2 rings (SSSR count). The van der Waals surface area contributed by atoms with E-state index in [1.807, 2.05) is 13.8 Å². The zero-order valence-corrected chi connectivity index (χ0v) is 12.7. The molecule has 0 spiro atoms. The Hall–Kier alpha value is -1.51. The molecule has 1 amide bonds. The standard InChI is InChI=1S/C13H18FN3O3S/c1-8-6-17(7-9(2)16-8)13(18)10-3-4-12(11(14)5-10)21(15,19)20/h3-5,8-9,16H,6-7H2,1-2H3,(H2,15,19,20)/t8-,9-/m0/s1. The molecular weight excluding hydrogens is 297 g/mol. The van der Waals surface area contributed by atoms with Gasteiger partial charge in [0, 0.05) is 30.7 Å². The molecule has 1 fully saturated rings. The lowest BCUT2D eigenvalue weighted by Crippen LogP contribution is -2.55. The highest BCUT2D eigenvalue weighted by molar-refractivity contribution is 7.89. The number of carbonyl (C=O) groups excluding carboxylic acids is 1. The van der Waals surface area contributed by atoms with Gasteiger partial charge in [-0.2, -0.15) is 0 Å². The van der Waals surface area contributed by atoms with Crippen molar-refractivity contribution in [1.82, 2.24) is 10.2 Å². The number of amides is 1. The predicted molar refractivity (Wildman–Crippen MR) is 75.7 cm³/mol. The number of carbonyl (C=O) groups is 1. The molecule has 0 aromatic heterocycles. The molecule has 8 heteroatoms. The Morgan fingerprint density at radius 1 is 1.33 bits per heavy atom. The minimum absolute atomic E-state index is 0.112. The largest absolute Gasteiger partial charge is 0.336 e. The van der Waals surface area contributed by atoms with Crippen LogP contribution < -0.4 is 10.5 Å². The van der Waals surface area contributed by atoms with Crippen LogP contribution in [0.3, 0.4) is 0 Å². The van der Waals surface area contributed by atoms with E-state index in [1.165, 1.54) is 6.07 Å². The fourth-order valence-electron chi connectivity index (χ4n) is 2.54. The second-order valence-corrected chi connectivity index (χ2v) is 6.90. The molecule has 1 heterocycles. The second kappa shape index (κ2) is 5.70. The number of nitrogens with zero attached hydrogens (tertiary/aromatic N) is 1. The summed E-state index contributed by atoms with van der Waals surface area (Å²) in [6, 6.07) is 3.51. The van der Waals surface area contributed by atoms with Crippen LogP contribution in [0.1, 0.15) is 24.2 Å². The van der Waals surface area contributed by atoms with Crippen molar-refractivity contribution < 1.29 is 17.6 Å². The van der Waals surface area contributed by atoms with Crippen molar-refractivity contribution in [2.45, 2.75) is 30.8 Å². The lowest BCUT2D eigenvalue weighted by molar-refractivity contribution is 0.0673.